The Bertz CT molecular complexity index is 1350. The number of hydrogen-bond donors (Lipinski definition) is 1. The number of nitrogens with one attached hydrogen (secondary N) is 1. The van der Waals surface area contributed by atoms with Crippen molar-refractivity contribution in [2.24, 2.45) is 5.10 Å². The molecule has 4 nitrogen and oxygen atoms in total. The number of para-hydroxylation sites is 1. The molecule has 0 aliphatic rings. The second-order valence-electron chi connectivity index (χ2n) is 6.43. The first kappa shape index (κ1) is 19.5. The maximum Gasteiger partial charge on any atom is 0.213 e. The highest BCUT2D eigenvalue weighted by molar-refractivity contribution is 9.10. The molecule has 5 aromatic rings. The van der Waals surface area contributed by atoms with E-state index < -0.39 is 0 Å². The maximum absolute atomic E-state index is 6.11. The van der Waals surface area contributed by atoms with E-state index >= 15 is 0 Å². The zero-order chi connectivity index (χ0) is 20.5. The number of aromatic nitrogens is 2. The summed E-state index contributed by atoms with van der Waals surface area (Å²) < 4.78 is 4.29. The number of hydrogen-bond acceptors (Lipinski definition) is 5. The molecule has 0 bridgehead atoms. The largest absolute Gasteiger partial charge is 0.284 e. The first-order valence-electron chi connectivity index (χ1n) is 9.05. The van der Waals surface area contributed by atoms with E-state index in [1.807, 2.05) is 54.6 Å². The van der Waals surface area contributed by atoms with Gasteiger partial charge in [-0.1, -0.05) is 63.1 Å². The normalized spacial score (nSPS) is 11.9. The number of rotatable bonds is 4. The number of thiazole rings is 2. The van der Waals surface area contributed by atoms with Gasteiger partial charge < -0.3 is 0 Å². The standard InChI is InChI=1S/C22H14BrClN4S2/c23-15-7-5-14(6-8-15)19-13-29-22(28(19)17-11-9-16(24)10-12-17)27-26-21-25-18-3-1-2-4-20(18)30-21/h1-13H,(H,25,26)/b27-22+. The highest BCUT2D eigenvalue weighted by atomic mass is 79.9. The summed E-state index contributed by atoms with van der Waals surface area (Å²) in [5.41, 5.74) is 7.25. The minimum atomic E-state index is 0.700. The predicted molar refractivity (Wildman–Crippen MR) is 131 cm³/mol. The molecule has 148 valence electrons. The van der Waals surface area contributed by atoms with Crippen LogP contribution in [-0.2, 0) is 0 Å². The summed E-state index contributed by atoms with van der Waals surface area (Å²) in [6, 6.07) is 24.1. The number of nitrogens with zero attached hydrogens (tertiary/aromatic N) is 3. The van der Waals surface area contributed by atoms with Crippen molar-refractivity contribution in [3.8, 4) is 16.9 Å². The van der Waals surface area contributed by atoms with Crippen LogP contribution in [0.4, 0.5) is 5.13 Å². The van der Waals surface area contributed by atoms with Gasteiger partial charge in [-0.15, -0.1) is 16.4 Å². The quantitative estimate of drug-likeness (QED) is 0.259. The van der Waals surface area contributed by atoms with Gasteiger partial charge in [-0.3, -0.25) is 4.57 Å². The molecule has 1 N–H and O–H groups in total. The van der Waals surface area contributed by atoms with E-state index in [4.69, 9.17) is 11.6 Å². The SMILES string of the molecule is Clc1ccc(-n2c(-c3ccc(Br)cc3)cs/c2=N/Nc2nc3ccccc3s2)cc1. The second kappa shape index (κ2) is 8.35. The van der Waals surface area contributed by atoms with Gasteiger partial charge in [0.15, 0.2) is 0 Å². The first-order chi connectivity index (χ1) is 14.7. The van der Waals surface area contributed by atoms with Crippen LogP contribution in [-0.4, -0.2) is 9.55 Å². The molecule has 8 heteroatoms. The van der Waals surface area contributed by atoms with Gasteiger partial charge in [-0.25, -0.2) is 10.4 Å². The molecular formula is C22H14BrClN4S2. The van der Waals surface area contributed by atoms with Crippen molar-refractivity contribution in [1.29, 1.82) is 0 Å². The van der Waals surface area contributed by atoms with Crippen LogP contribution < -0.4 is 10.2 Å². The van der Waals surface area contributed by atoms with Crippen LogP contribution in [0.1, 0.15) is 0 Å². The fourth-order valence-corrected chi connectivity index (χ4v) is 5.13. The van der Waals surface area contributed by atoms with Crippen molar-refractivity contribution in [3.63, 3.8) is 0 Å². The highest BCUT2D eigenvalue weighted by Gasteiger charge is 2.11. The third-order valence-electron chi connectivity index (χ3n) is 4.47. The molecule has 0 amide bonds. The molecule has 2 heterocycles. The molecule has 0 aliphatic heterocycles. The van der Waals surface area contributed by atoms with Crippen LogP contribution in [0.5, 0.6) is 0 Å². The topological polar surface area (TPSA) is 42.2 Å². The predicted octanol–water partition coefficient (Wildman–Crippen LogP) is 7.16. The molecule has 5 rings (SSSR count). The van der Waals surface area contributed by atoms with Gasteiger partial charge in [0.05, 0.1) is 15.9 Å². The van der Waals surface area contributed by atoms with Crippen molar-refractivity contribution >= 4 is 65.6 Å². The molecule has 2 aromatic heterocycles. The Kier molecular flexibility index (Phi) is 5.43. The van der Waals surface area contributed by atoms with Crippen LogP contribution >= 0.6 is 50.2 Å². The summed E-state index contributed by atoms with van der Waals surface area (Å²) >= 11 is 12.8. The third kappa shape index (κ3) is 3.94. The van der Waals surface area contributed by atoms with Gasteiger partial charge in [0.1, 0.15) is 0 Å². The minimum absolute atomic E-state index is 0.700. The lowest BCUT2D eigenvalue weighted by Gasteiger charge is -2.09. The van der Waals surface area contributed by atoms with E-state index in [0.29, 0.717) is 5.02 Å². The zero-order valence-corrected chi connectivity index (χ0v) is 19.4. The van der Waals surface area contributed by atoms with Crippen molar-refractivity contribution in [3.05, 3.63) is 92.5 Å². The lowest BCUT2D eigenvalue weighted by Crippen LogP contribution is -2.15. The average molecular weight is 514 g/mol. The molecule has 0 aliphatic carbocycles. The smallest absolute Gasteiger partial charge is 0.213 e. The monoisotopic (exact) mass is 512 g/mol. The second-order valence-corrected chi connectivity index (χ2v) is 9.65. The summed E-state index contributed by atoms with van der Waals surface area (Å²) in [5, 5.41) is 8.24. The van der Waals surface area contributed by atoms with Gasteiger partial charge in [-0.05, 0) is 54.1 Å². The van der Waals surface area contributed by atoms with E-state index in [1.165, 1.54) is 0 Å². The van der Waals surface area contributed by atoms with Gasteiger partial charge in [0.25, 0.3) is 0 Å². The van der Waals surface area contributed by atoms with Crippen LogP contribution in [0, 0.1) is 0 Å². The van der Waals surface area contributed by atoms with E-state index in [2.05, 4.69) is 59.6 Å². The molecule has 0 spiro atoms. The van der Waals surface area contributed by atoms with E-state index in [0.717, 1.165) is 41.6 Å². The van der Waals surface area contributed by atoms with Crippen molar-refractivity contribution in [2.75, 3.05) is 5.43 Å². The lowest BCUT2D eigenvalue weighted by atomic mass is 10.1. The number of benzene rings is 3. The van der Waals surface area contributed by atoms with Crippen LogP contribution in [0.25, 0.3) is 27.2 Å². The van der Waals surface area contributed by atoms with Gasteiger partial charge in [0.2, 0.25) is 9.93 Å². The summed E-state index contributed by atoms with van der Waals surface area (Å²) in [6.07, 6.45) is 0. The number of anilines is 1. The Morgan fingerprint density at radius 3 is 2.50 bits per heavy atom. The van der Waals surface area contributed by atoms with Gasteiger partial charge in [0, 0.05) is 20.6 Å². The summed E-state index contributed by atoms with van der Waals surface area (Å²) in [4.78, 5) is 5.42. The highest BCUT2D eigenvalue weighted by Crippen LogP contribution is 2.27. The Labute approximate surface area is 194 Å². The summed E-state index contributed by atoms with van der Waals surface area (Å²) in [5.74, 6) is 0. The Balaban J connectivity index is 1.61. The molecule has 0 radical (unpaired) electrons. The average Bonchev–Trinajstić information content (AvgIpc) is 3.37. The molecule has 30 heavy (non-hydrogen) atoms. The molecule has 0 saturated heterocycles. The van der Waals surface area contributed by atoms with Crippen LogP contribution in [0.3, 0.4) is 0 Å². The molecular weight excluding hydrogens is 500 g/mol. The van der Waals surface area contributed by atoms with Gasteiger partial charge in [-0.2, -0.15) is 0 Å². The zero-order valence-electron chi connectivity index (χ0n) is 15.4. The third-order valence-corrected chi connectivity index (χ3v) is 7.02. The van der Waals surface area contributed by atoms with Crippen molar-refractivity contribution in [2.45, 2.75) is 0 Å². The molecule has 0 saturated carbocycles. The van der Waals surface area contributed by atoms with Crippen LogP contribution in [0.2, 0.25) is 5.02 Å². The molecule has 0 atom stereocenters. The lowest BCUT2D eigenvalue weighted by molar-refractivity contribution is 0.991. The van der Waals surface area contributed by atoms with E-state index in [1.54, 1.807) is 22.7 Å². The maximum atomic E-state index is 6.11. The molecule has 0 fully saturated rings. The number of fused-ring (bicyclic) bond motifs is 1. The van der Waals surface area contributed by atoms with Crippen molar-refractivity contribution < 1.29 is 0 Å². The Hall–Kier alpha value is -2.45. The van der Waals surface area contributed by atoms with E-state index in [-0.39, 0.29) is 0 Å². The molecule has 3 aromatic carbocycles. The fraction of sp³-hybridized carbons (Fsp3) is 0. The fourth-order valence-electron chi connectivity index (χ4n) is 3.07. The van der Waals surface area contributed by atoms with Crippen LogP contribution in [0.15, 0.2) is 87.8 Å². The Morgan fingerprint density at radius 2 is 1.73 bits per heavy atom. The summed E-state index contributed by atoms with van der Waals surface area (Å²) in [6.45, 7) is 0. The van der Waals surface area contributed by atoms with Gasteiger partial charge >= 0.3 is 0 Å². The molecule has 0 unspecified atom stereocenters. The summed E-state index contributed by atoms with van der Waals surface area (Å²) in [7, 11) is 0. The minimum Gasteiger partial charge on any atom is -0.284 e. The Morgan fingerprint density at radius 1 is 0.967 bits per heavy atom. The van der Waals surface area contributed by atoms with E-state index in [9.17, 15) is 0 Å². The first-order valence-corrected chi connectivity index (χ1v) is 11.9. The van der Waals surface area contributed by atoms with Crippen molar-refractivity contribution in [1.82, 2.24) is 9.55 Å². The number of halogens is 2.